The van der Waals surface area contributed by atoms with E-state index in [-0.39, 0.29) is 12.3 Å². The summed E-state index contributed by atoms with van der Waals surface area (Å²) >= 11 is 0. The summed E-state index contributed by atoms with van der Waals surface area (Å²) in [4.78, 5) is 18.1. The van der Waals surface area contributed by atoms with Crippen LogP contribution in [0.4, 0.5) is 0 Å². The third-order valence-corrected chi connectivity index (χ3v) is 4.44. The topological polar surface area (TPSA) is 71.3 Å². The Morgan fingerprint density at radius 1 is 1.33 bits per heavy atom. The quantitative estimate of drug-likeness (QED) is 0.912. The van der Waals surface area contributed by atoms with Crippen LogP contribution in [0.5, 0.6) is 0 Å². The number of likely N-dealkylation sites (tertiary alicyclic amines) is 1. The van der Waals surface area contributed by atoms with Crippen LogP contribution in [0, 0.1) is 13.8 Å². The Labute approximate surface area is 142 Å². The molecule has 1 amide bonds. The number of carbonyl (C=O) groups is 1. The van der Waals surface area contributed by atoms with E-state index in [0.29, 0.717) is 24.3 Å². The van der Waals surface area contributed by atoms with Crippen LogP contribution in [-0.4, -0.2) is 34.5 Å². The molecule has 1 fully saturated rings. The first-order valence-corrected chi connectivity index (χ1v) is 8.39. The molecule has 0 saturated carbocycles. The van der Waals surface area contributed by atoms with Gasteiger partial charge in [0, 0.05) is 13.1 Å². The van der Waals surface area contributed by atoms with Gasteiger partial charge in [-0.1, -0.05) is 34.5 Å². The number of aromatic nitrogens is 2. The molecular formula is C18H24N4O2. The number of rotatable bonds is 5. The molecule has 1 aromatic carbocycles. The zero-order valence-electron chi connectivity index (χ0n) is 14.5. The van der Waals surface area contributed by atoms with E-state index < -0.39 is 0 Å². The summed E-state index contributed by atoms with van der Waals surface area (Å²) in [7, 11) is 1.60. The van der Waals surface area contributed by atoms with Crippen LogP contribution in [0.25, 0.3) is 0 Å². The first kappa shape index (κ1) is 16.6. The number of aryl methyl sites for hydroxylation is 2. The van der Waals surface area contributed by atoms with Crippen molar-refractivity contribution in [3.05, 3.63) is 46.6 Å². The Hall–Kier alpha value is -2.21. The van der Waals surface area contributed by atoms with E-state index in [1.807, 2.05) is 0 Å². The minimum atomic E-state index is -0.114. The minimum absolute atomic E-state index is 0.114. The van der Waals surface area contributed by atoms with Crippen molar-refractivity contribution in [3.8, 4) is 0 Å². The molecule has 0 radical (unpaired) electrons. The molecule has 0 spiro atoms. The van der Waals surface area contributed by atoms with Gasteiger partial charge in [0.25, 0.3) is 0 Å². The first-order valence-electron chi connectivity index (χ1n) is 8.39. The first-order chi connectivity index (χ1) is 11.5. The molecule has 0 aliphatic carbocycles. The van der Waals surface area contributed by atoms with Crippen molar-refractivity contribution in [3.63, 3.8) is 0 Å². The highest BCUT2D eigenvalue weighted by Gasteiger charge is 2.28. The number of amides is 1. The van der Waals surface area contributed by atoms with Crippen molar-refractivity contribution >= 4 is 5.91 Å². The molecule has 1 N–H and O–H groups in total. The second-order valence-corrected chi connectivity index (χ2v) is 6.50. The van der Waals surface area contributed by atoms with Crippen LogP contribution in [0.3, 0.4) is 0 Å². The lowest BCUT2D eigenvalue weighted by Gasteiger charge is -2.23. The molecule has 1 saturated heterocycles. The zero-order chi connectivity index (χ0) is 17.1. The molecule has 1 aliphatic heterocycles. The number of nitrogens with zero attached hydrogens (tertiary/aromatic N) is 3. The molecule has 1 unspecified atom stereocenters. The molecule has 128 valence electrons. The molecular weight excluding hydrogens is 304 g/mol. The van der Waals surface area contributed by atoms with Crippen molar-refractivity contribution < 1.29 is 9.32 Å². The van der Waals surface area contributed by atoms with Gasteiger partial charge in [0.15, 0.2) is 5.82 Å². The fourth-order valence-corrected chi connectivity index (χ4v) is 3.43. The largest absolute Gasteiger partial charge is 0.359 e. The fraction of sp³-hybridized carbons (Fsp3) is 0.500. The maximum Gasteiger partial charge on any atom is 0.240 e. The molecule has 1 aromatic heterocycles. The van der Waals surface area contributed by atoms with E-state index >= 15 is 0 Å². The average molecular weight is 328 g/mol. The highest BCUT2D eigenvalue weighted by atomic mass is 16.5. The van der Waals surface area contributed by atoms with Crippen LogP contribution in [0.2, 0.25) is 0 Å². The summed E-state index contributed by atoms with van der Waals surface area (Å²) in [6.45, 7) is 5.92. The Morgan fingerprint density at radius 3 is 2.79 bits per heavy atom. The van der Waals surface area contributed by atoms with E-state index in [1.165, 1.54) is 16.7 Å². The normalized spacial score (nSPS) is 18.0. The van der Waals surface area contributed by atoms with Crippen LogP contribution in [-0.2, 0) is 17.8 Å². The van der Waals surface area contributed by atoms with Crippen LogP contribution in [0.1, 0.15) is 47.3 Å². The maximum atomic E-state index is 11.4. The van der Waals surface area contributed by atoms with Crippen molar-refractivity contribution in [2.45, 2.75) is 45.7 Å². The second-order valence-electron chi connectivity index (χ2n) is 6.50. The van der Waals surface area contributed by atoms with Gasteiger partial charge in [-0.05, 0) is 38.8 Å². The Balaban J connectivity index is 1.71. The van der Waals surface area contributed by atoms with Gasteiger partial charge in [0.1, 0.15) is 0 Å². The Kier molecular flexibility index (Phi) is 4.94. The summed E-state index contributed by atoms with van der Waals surface area (Å²) < 4.78 is 5.32. The van der Waals surface area contributed by atoms with Crippen molar-refractivity contribution in [1.82, 2.24) is 20.4 Å². The third-order valence-electron chi connectivity index (χ3n) is 4.44. The summed E-state index contributed by atoms with van der Waals surface area (Å²) in [6.07, 6.45) is 2.46. The Bertz CT molecular complexity index is 705. The van der Waals surface area contributed by atoms with Gasteiger partial charge in [-0.2, -0.15) is 4.98 Å². The van der Waals surface area contributed by atoms with E-state index in [0.717, 1.165) is 19.4 Å². The molecule has 1 atom stereocenters. The van der Waals surface area contributed by atoms with Crippen molar-refractivity contribution in [1.29, 1.82) is 0 Å². The lowest BCUT2D eigenvalue weighted by molar-refractivity contribution is -0.120. The molecule has 6 nitrogen and oxygen atoms in total. The van der Waals surface area contributed by atoms with Crippen LogP contribution < -0.4 is 5.32 Å². The SMILES string of the molecule is CNC(=O)Cc1noc(CN2CCCC2c2cc(C)cc(C)c2)n1. The van der Waals surface area contributed by atoms with Gasteiger partial charge in [0.2, 0.25) is 11.8 Å². The van der Waals surface area contributed by atoms with E-state index in [9.17, 15) is 4.79 Å². The molecule has 2 aromatic rings. The van der Waals surface area contributed by atoms with Gasteiger partial charge in [-0.25, -0.2) is 0 Å². The van der Waals surface area contributed by atoms with Gasteiger partial charge >= 0.3 is 0 Å². The standard InChI is InChI=1S/C18H24N4O2/c1-12-7-13(2)9-14(8-12)15-5-4-6-22(15)11-18-20-16(21-24-18)10-17(23)19-3/h7-9,15H,4-6,10-11H2,1-3H3,(H,19,23). The summed E-state index contributed by atoms with van der Waals surface area (Å²) in [5, 5.41) is 6.46. The van der Waals surface area contributed by atoms with E-state index in [1.54, 1.807) is 7.05 Å². The number of likely N-dealkylation sites (N-methyl/N-ethyl adjacent to an activating group) is 1. The number of hydrogen-bond donors (Lipinski definition) is 1. The van der Waals surface area contributed by atoms with Gasteiger partial charge < -0.3 is 9.84 Å². The van der Waals surface area contributed by atoms with E-state index in [2.05, 4.69) is 52.4 Å². The molecule has 0 bridgehead atoms. The zero-order valence-corrected chi connectivity index (χ0v) is 14.5. The van der Waals surface area contributed by atoms with Crippen LogP contribution >= 0.6 is 0 Å². The van der Waals surface area contributed by atoms with Crippen LogP contribution in [0.15, 0.2) is 22.7 Å². The van der Waals surface area contributed by atoms with Gasteiger partial charge in [-0.3, -0.25) is 9.69 Å². The summed E-state index contributed by atoms with van der Waals surface area (Å²) in [5.74, 6) is 0.897. The molecule has 1 aliphatic rings. The molecule has 6 heteroatoms. The average Bonchev–Trinajstić information content (AvgIpc) is 3.16. The number of hydrogen-bond acceptors (Lipinski definition) is 5. The summed E-state index contributed by atoms with van der Waals surface area (Å²) in [5.41, 5.74) is 3.94. The predicted octanol–water partition coefficient (Wildman–Crippen LogP) is 2.31. The maximum absolute atomic E-state index is 11.4. The molecule has 3 rings (SSSR count). The van der Waals surface area contributed by atoms with E-state index in [4.69, 9.17) is 4.52 Å². The highest BCUT2D eigenvalue weighted by molar-refractivity contribution is 5.77. The lowest BCUT2D eigenvalue weighted by Crippen LogP contribution is -2.23. The smallest absolute Gasteiger partial charge is 0.240 e. The molecule has 24 heavy (non-hydrogen) atoms. The number of benzene rings is 1. The minimum Gasteiger partial charge on any atom is -0.359 e. The van der Waals surface area contributed by atoms with Gasteiger partial charge in [-0.15, -0.1) is 0 Å². The fourth-order valence-electron chi connectivity index (χ4n) is 3.43. The predicted molar refractivity (Wildman–Crippen MR) is 90.4 cm³/mol. The monoisotopic (exact) mass is 328 g/mol. The second kappa shape index (κ2) is 7.13. The number of carbonyl (C=O) groups excluding carboxylic acids is 1. The Morgan fingerprint density at radius 2 is 2.08 bits per heavy atom. The third kappa shape index (κ3) is 3.82. The summed E-state index contributed by atoms with van der Waals surface area (Å²) in [6, 6.07) is 7.12. The molecule has 2 heterocycles. The highest BCUT2D eigenvalue weighted by Crippen LogP contribution is 2.33. The lowest BCUT2D eigenvalue weighted by atomic mass is 9.99. The van der Waals surface area contributed by atoms with Crippen molar-refractivity contribution in [2.75, 3.05) is 13.6 Å². The van der Waals surface area contributed by atoms with Gasteiger partial charge in [0.05, 0.1) is 13.0 Å². The number of nitrogens with one attached hydrogen (secondary N) is 1. The van der Waals surface area contributed by atoms with Crippen molar-refractivity contribution in [2.24, 2.45) is 0 Å².